The van der Waals surface area contributed by atoms with Crippen LogP contribution in [0.3, 0.4) is 0 Å². The van der Waals surface area contributed by atoms with Crippen molar-refractivity contribution in [3.05, 3.63) is 36.0 Å². The third kappa shape index (κ3) is 4.80. The van der Waals surface area contributed by atoms with Crippen LogP contribution in [-0.4, -0.2) is 63.8 Å². The van der Waals surface area contributed by atoms with E-state index in [1.165, 1.54) is 12.4 Å². The number of carbonyl (C=O) groups is 1. The highest BCUT2D eigenvalue weighted by atomic mass is 16.5. The maximum Gasteiger partial charge on any atom is 0.274 e. The lowest BCUT2D eigenvalue weighted by atomic mass is 10.1. The number of hydrogen-bond acceptors (Lipinski definition) is 8. The van der Waals surface area contributed by atoms with Crippen molar-refractivity contribution in [1.29, 1.82) is 0 Å². The molecule has 2 aromatic rings. The predicted octanol–water partition coefficient (Wildman–Crippen LogP) is 0.870. The van der Waals surface area contributed by atoms with Crippen molar-refractivity contribution in [2.45, 2.75) is 32.0 Å². The highest BCUT2D eigenvalue weighted by molar-refractivity contribution is 5.92. The zero-order valence-electron chi connectivity index (χ0n) is 14.1. The quantitative estimate of drug-likeness (QED) is 0.727. The maximum atomic E-state index is 12.4. The van der Waals surface area contributed by atoms with Gasteiger partial charge < -0.3 is 18.9 Å². The molecule has 1 aliphatic heterocycles. The van der Waals surface area contributed by atoms with Gasteiger partial charge in [-0.3, -0.25) is 9.78 Å². The van der Waals surface area contributed by atoms with Gasteiger partial charge in [-0.1, -0.05) is 5.16 Å². The number of ether oxygens (including phenoxy) is 2. The molecule has 1 aliphatic rings. The summed E-state index contributed by atoms with van der Waals surface area (Å²) in [4.78, 5) is 26.4. The molecule has 0 N–H and O–H groups in total. The summed E-state index contributed by atoms with van der Waals surface area (Å²) in [7, 11) is 1.63. The molecule has 1 fully saturated rings. The van der Waals surface area contributed by atoms with Crippen LogP contribution in [0.4, 0.5) is 0 Å². The first-order chi connectivity index (χ1) is 12.3. The third-order valence-corrected chi connectivity index (χ3v) is 3.93. The molecule has 1 saturated heterocycles. The molecule has 0 unspecified atom stereocenters. The third-order valence-electron chi connectivity index (χ3n) is 3.93. The fraction of sp³-hybridized carbons (Fsp3) is 0.562. The Hall–Kier alpha value is -2.39. The molecule has 2 aromatic heterocycles. The van der Waals surface area contributed by atoms with Gasteiger partial charge in [0, 0.05) is 39.0 Å². The summed E-state index contributed by atoms with van der Waals surface area (Å²) in [6, 6.07) is 0. The van der Waals surface area contributed by atoms with Crippen LogP contribution in [0, 0.1) is 0 Å². The molecule has 25 heavy (non-hydrogen) atoms. The first kappa shape index (κ1) is 17.4. The van der Waals surface area contributed by atoms with Crippen LogP contribution in [0.25, 0.3) is 0 Å². The number of likely N-dealkylation sites (tertiary alicyclic amines) is 1. The minimum atomic E-state index is -0.124. The molecule has 1 atom stereocenters. The van der Waals surface area contributed by atoms with Crippen molar-refractivity contribution in [1.82, 2.24) is 25.0 Å². The molecule has 0 aliphatic carbocycles. The lowest BCUT2D eigenvalue weighted by Crippen LogP contribution is -2.43. The van der Waals surface area contributed by atoms with E-state index >= 15 is 0 Å². The fourth-order valence-corrected chi connectivity index (χ4v) is 2.66. The van der Waals surface area contributed by atoms with Crippen LogP contribution in [0.5, 0.6) is 0 Å². The molecular formula is C16H21N5O4. The number of hydrogen-bond donors (Lipinski definition) is 0. The van der Waals surface area contributed by atoms with E-state index in [-0.39, 0.29) is 18.6 Å². The van der Waals surface area contributed by atoms with E-state index in [1.807, 2.05) is 0 Å². The Morgan fingerprint density at radius 1 is 1.44 bits per heavy atom. The van der Waals surface area contributed by atoms with E-state index in [0.717, 1.165) is 12.8 Å². The number of piperidine rings is 1. The lowest BCUT2D eigenvalue weighted by molar-refractivity contribution is -0.0155. The number of carbonyl (C=O) groups excluding carboxylic acids is 1. The van der Waals surface area contributed by atoms with Crippen molar-refractivity contribution in [2.24, 2.45) is 0 Å². The monoisotopic (exact) mass is 347 g/mol. The van der Waals surface area contributed by atoms with Gasteiger partial charge in [0.1, 0.15) is 12.3 Å². The fourth-order valence-electron chi connectivity index (χ4n) is 2.66. The molecule has 1 amide bonds. The van der Waals surface area contributed by atoms with Crippen molar-refractivity contribution in [3.63, 3.8) is 0 Å². The molecule has 0 spiro atoms. The molecule has 134 valence electrons. The molecule has 0 saturated carbocycles. The molecule has 9 nitrogen and oxygen atoms in total. The van der Waals surface area contributed by atoms with E-state index in [9.17, 15) is 4.79 Å². The van der Waals surface area contributed by atoms with Crippen LogP contribution < -0.4 is 0 Å². The van der Waals surface area contributed by atoms with Crippen LogP contribution in [0.1, 0.15) is 35.0 Å². The van der Waals surface area contributed by atoms with E-state index in [0.29, 0.717) is 43.5 Å². The summed E-state index contributed by atoms with van der Waals surface area (Å²) in [5.41, 5.74) is 0.350. The standard InChI is InChI=1S/C16H21N5O4/c1-23-8-4-14-19-15(25-20-14)11-24-12-3-2-7-21(10-12)16(22)13-9-17-5-6-18-13/h5-6,9,12H,2-4,7-8,10-11H2,1H3/t12-/m0/s1. The van der Waals surface area contributed by atoms with Gasteiger partial charge in [-0.25, -0.2) is 4.98 Å². The highest BCUT2D eigenvalue weighted by Crippen LogP contribution is 2.16. The number of amides is 1. The summed E-state index contributed by atoms with van der Waals surface area (Å²) in [5, 5.41) is 3.87. The minimum Gasteiger partial charge on any atom is -0.384 e. The van der Waals surface area contributed by atoms with Gasteiger partial charge in [-0.2, -0.15) is 4.98 Å². The van der Waals surface area contributed by atoms with E-state index in [2.05, 4.69) is 20.1 Å². The second-order valence-corrected chi connectivity index (χ2v) is 5.76. The van der Waals surface area contributed by atoms with Gasteiger partial charge in [-0.05, 0) is 12.8 Å². The molecule has 3 heterocycles. The van der Waals surface area contributed by atoms with Gasteiger partial charge in [0.15, 0.2) is 5.82 Å². The Labute approximate surface area is 145 Å². The van der Waals surface area contributed by atoms with Gasteiger partial charge in [0.05, 0.1) is 18.9 Å². The first-order valence-corrected chi connectivity index (χ1v) is 8.23. The Morgan fingerprint density at radius 2 is 2.36 bits per heavy atom. The average molecular weight is 347 g/mol. The largest absolute Gasteiger partial charge is 0.384 e. The van der Waals surface area contributed by atoms with Crippen LogP contribution in [-0.2, 0) is 22.5 Å². The van der Waals surface area contributed by atoms with Gasteiger partial charge >= 0.3 is 0 Å². The zero-order chi connectivity index (χ0) is 17.5. The van der Waals surface area contributed by atoms with E-state index in [1.54, 1.807) is 18.2 Å². The zero-order valence-corrected chi connectivity index (χ0v) is 14.1. The van der Waals surface area contributed by atoms with E-state index in [4.69, 9.17) is 14.0 Å². The Morgan fingerprint density at radius 3 is 3.16 bits per heavy atom. The van der Waals surface area contributed by atoms with Gasteiger partial charge in [-0.15, -0.1) is 0 Å². The summed E-state index contributed by atoms with van der Waals surface area (Å²) in [5.74, 6) is 0.910. The smallest absolute Gasteiger partial charge is 0.274 e. The lowest BCUT2D eigenvalue weighted by Gasteiger charge is -2.32. The number of aromatic nitrogens is 4. The minimum absolute atomic E-state index is 0.0660. The normalized spacial score (nSPS) is 17.6. The number of rotatable bonds is 7. The molecule has 0 aromatic carbocycles. The van der Waals surface area contributed by atoms with Crippen molar-refractivity contribution in [2.75, 3.05) is 26.8 Å². The van der Waals surface area contributed by atoms with Crippen LogP contribution >= 0.6 is 0 Å². The first-order valence-electron chi connectivity index (χ1n) is 8.23. The highest BCUT2D eigenvalue weighted by Gasteiger charge is 2.26. The second kappa shape index (κ2) is 8.63. The summed E-state index contributed by atoms with van der Waals surface area (Å²) in [6.07, 6.45) is 6.83. The summed E-state index contributed by atoms with van der Waals surface area (Å²) < 4.78 is 16.0. The second-order valence-electron chi connectivity index (χ2n) is 5.76. The van der Waals surface area contributed by atoms with Gasteiger partial charge in [0.2, 0.25) is 0 Å². The summed E-state index contributed by atoms with van der Waals surface area (Å²) in [6.45, 7) is 1.98. The Bertz CT molecular complexity index is 678. The van der Waals surface area contributed by atoms with Crippen molar-refractivity contribution >= 4 is 5.91 Å². The molecule has 3 rings (SSSR count). The Kier molecular flexibility index (Phi) is 6.02. The molecule has 9 heteroatoms. The van der Waals surface area contributed by atoms with E-state index < -0.39 is 0 Å². The SMILES string of the molecule is COCCc1noc(CO[C@H]2CCCN(C(=O)c3cnccn3)C2)n1. The van der Waals surface area contributed by atoms with Gasteiger partial charge in [0.25, 0.3) is 11.8 Å². The number of methoxy groups -OCH3 is 1. The average Bonchev–Trinajstić information content (AvgIpc) is 3.13. The molecule has 0 radical (unpaired) electrons. The Balaban J connectivity index is 1.50. The molecule has 0 bridgehead atoms. The summed E-state index contributed by atoms with van der Waals surface area (Å²) >= 11 is 0. The number of nitrogens with zero attached hydrogens (tertiary/aromatic N) is 5. The van der Waals surface area contributed by atoms with Crippen molar-refractivity contribution < 1.29 is 18.8 Å². The molecular weight excluding hydrogens is 326 g/mol. The predicted molar refractivity (Wildman–Crippen MR) is 85.6 cm³/mol. The van der Waals surface area contributed by atoms with Crippen LogP contribution in [0.15, 0.2) is 23.1 Å². The van der Waals surface area contributed by atoms with Crippen molar-refractivity contribution in [3.8, 4) is 0 Å². The maximum absolute atomic E-state index is 12.4. The topological polar surface area (TPSA) is 103 Å². The van der Waals surface area contributed by atoms with Crippen LogP contribution in [0.2, 0.25) is 0 Å².